The standard InChI is InChI=1S/C21H24FN3O2/c1-3-24(2)20(26)16-7-4-8-17(12-16)21(27)25-11-10-23-14-19(25)15-6-5-9-18(22)13-15/h4-9,12-13,19,23H,3,10-11,14H2,1-2H3. The molecule has 27 heavy (non-hydrogen) atoms. The summed E-state index contributed by atoms with van der Waals surface area (Å²) in [6.07, 6.45) is 0. The minimum absolute atomic E-state index is 0.117. The molecule has 142 valence electrons. The van der Waals surface area contributed by atoms with Gasteiger partial charge in [-0.25, -0.2) is 4.39 Å². The van der Waals surface area contributed by atoms with Crippen molar-refractivity contribution in [2.24, 2.45) is 0 Å². The van der Waals surface area contributed by atoms with E-state index in [-0.39, 0.29) is 23.7 Å². The van der Waals surface area contributed by atoms with Crippen molar-refractivity contribution < 1.29 is 14.0 Å². The number of hydrogen-bond donors (Lipinski definition) is 1. The molecule has 0 aromatic heterocycles. The Hall–Kier alpha value is -2.73. The van der Waals surface area contributed by atoms with Gasteiger partial charge in [0, 0.05) is 44.4 Å². The number of halogens is 1. The van der Waals surface area contributed by atoms with Crippen LogP contribution < -0.4 is 5.32 Å². The van der Waals surface area contributed by atoms with Crippen LogP contribution in [0.5, 0.6) is 0 Å². The number of nitrogens with zero attached hydrogens (tertiary/aromatic N) is 2. The zero-order valence-electron chi connectivity index (χ0n) is 15.6. The fraction of sp³-hybridized carbons (Fsp3) is 0.333. The highest BCUT2D eigenvalue weighted by atomic mass is 19.1. The molecule has 1 aliphatic rings. The Balaban J connectivity index is 1.88. The summed E-state index contributed by atoms with van der Waals surface area (Å²) in [5, 5.41) is 3.26. The lowest BCUT2D eigenvalue weighted by atomic mass is 10.0. The van der Waals surface area contributed by atoms with Crippen molar-refractivity contribution in [2.75, 3.05) is 33.2 Å². The van der Waals surface area contributed by atoms with E-state index in [4.69, 9.17) is 0 Å². The highest BCUT2D eigenvalue weighted by molar-refractivity contribution is 5.99. The maximum Gasteiger partial charge on any atom is 0.254 e. The first-order chi connectivity index (χ1) is 13.0. The molecule has 1 heterocycles. The summed E-state index contributed by atoms with van der Waals surface area (Å²) in [4.78, 5) is 28.9. The molecule has 1 N–H and O–H groups in total. The van der Waals surface area contributed by atoms with Crippen molar-refractivity contribution in [3.63, 3.8) is 0 Å². The van der Waals surface area contributed by atoms with Gasteiger partial charge in [-0.15, -0.1) is 0 Å². The molecule has 0 aliphatic carbocycles. The molecule has 1 aliphatic heterocycles. The van der Waals surface area contributed by atoms with Gasteiger partial charge in [0.15, 0.2) is 0 Å². The Morgan fingerprint density at radius 3 is 2.67 bits per heavy atom. The fourth-order valence-corrected chi connectivity index (χ4v) is 3.27. The topological polar surface area (TPSA) is 52.7 Å². The molecule has 0 bridgehead atoms. The summed E-state index contributed by atoms with van der Waals surface area (Å²) in [5.41, 5.74) is 1.71. The molecule has 0 spiro atoms. The third-order valence-corrected chi connectivity index (χ3v) is 4.92. The van der Waals surface area contributed by atoms with E-state index in [0.29, 0.717) is 37.3 Å². The van der Waals surface area contributed by atoms with E-state index in [0.717, 1.165) is 5.56 Å². The predicted octanol–water partition coefficient (Wildman–Crippen LogP) is 2.70. The number of carbonyl (C=O) groups is 2. The van der Waals surface area contributed by atoms with Crippen molar-refractivity contribution in [3.05, 3.63) is 71.0 Å². The van der Waals surface area contributed by atoms with Gasteiger partial charge in [0.25, 0.3) is 11.8 Å². The summed E-state index contributed by atoms with van der Waals surface area (Å²) < 4.78 is 13.7. The highest BCUT2D eigenvalue weighted by Gasteiger charge is 2.29. The van der Waals surface area contributed by atoms with Crippen LogP contribution in [0.3, 0.4) is 0 Å². The normalized spacial score (nSPS) is 16.9. The molecule has 2 aromatic rings. The fourth-order valence-electron chi connectivity index (χ4n) is 3.27. The van der Waals surface area contributed by atoms with E-state index in [2.05, 4.69) is 5.32 Å². The van der Waals surface area contributed by atoms with Crippen molar-refractivity contribution in [2.45, 2.75) is 13.0 Å². The van der Waals surface area contributed by atoms with Crippen LogP contribution in [0.4, 0.5) is 4.39 Å². The average Bonchev–Trinajstić information content (AvgIpc) is 2.72. The molecule has 1 atom stereocenters. The minimum Gasteiger partial charge on any atom is -0.342 e. The van der Waals surface area contributed by atoms with Crippen LogP contribution in [0, 0.1) is 5.82 Å². The second-order valence-corrected chi connectivity index (χ2v) is 6.67. The quantitative estimate of drug-likeness (QED) is 0.902. The van der Waals surface area contributed by atoms with E-state index >= 15 is 0 Å². The van der Waals surface area contributed by atoms with Gasteiger partial charge >= 0.3 is 0 Å². The molecule has 3 rings (SSSR count). The summed E-state index contributed by atoms with van der Waals surface area (Å²) in [7, 11) is 1.73. The summed E-state index contributed by atoms with van der Waals surface area (Å²) in [6, 6.07) is 12.9. The first-order valence-electron chi connectivity index (χ1n) is 9.14. The second-order valence-electron chi connectivity index (χ2n) is 6.67. The number of amides is 2. The van der Waals surface area contributed by atoms with E-state index in [1.807, 2.05) is 13.0 Å². The van der Waals surface area contributed by atoms with Gasteiger partial charge in [0.05, 0.1) is 6.04 Å². The molecule has 1 fully saturated rings. The third-order valence-electron chi connectivity index (χ3n) is 4.92. The van der Waals surface area contributed by atoms with E-state index < -0.39 is 0 Å². The summed E-state index contributed by atoms with van der Waals surface area (Å²) in [5.74, 6) is -0.589. The maximum absolute atomic E-state index is 13.7. The third kappa shape index (κ3) is 4.17. The van der Waals surface area contributed by atoms with Crippen molar-refractivity contribution in [1.29, 1.82) is 0 Å². The SMILES string of the molecule is CCN(C)C(=O)c1cccc(C(=O)N2CCNCC2c2cccc(F)c2)c1. The molecule has 1 saturated heterocycles. The zero-order valence-corrected chi connectivity index (χ0v) is 15.6. The van der Waals surface area contributed by atoms with Gasteiger partial charge in [-0.05, 0) is 42.8 Å². The van der Waals surface area contributed by atoms with E-state index in [9.17, 15) is 14.0 Å². The van der Waals surface area contributed by atoms with Gasteiger partial charge < -0.3 is 15.1 Å². The molecule has 2 amide bonds. The Kier molecular flexibility index (Phi) is 5.86. The zero-order chi connectivity index (χ0) is 19.4. The number of nitrogens with one attached hydrogen (secondary N) is 1. The molecule has 5 nitrogen and oxygen atoms in total. The van der Waals surface area contributed by atoms with Gasteiger partial charge in [-0.2, -0.15) is 0 Å². The molecule has 0 radical (unpaired) electrons. The lowest BCUT2D eigenvalue weighted by molar-refractivity contribution is 0.0634. The van der Waals surface area contributed by atoms with Crippen LogP contribution in [-0.4, -0.2) is 54.8 Å². The second kappa shape index (κ2) is 8.31. The van der Waals surface area contributed by atoms with Gasteiger partial charge in [-0.1, -0.05) is 18.2 Å². The van der Waals surface area contributed by atoms with Crippen molar-refractivity contribution >= 4 is 11.8 Å². The monoisotopic (exact) mass is 369 g/mol. The van der Waals surface area contributed by atoms with E-state index in [1.165, 1.54) is 12.1 Å². The summed E-state index contributed by atoms with van der Waals surface area (Å²) >= 11 is 0. The summed E-state index contributed by atoms with van der Waals surface area (Å²) in [6.45, 7) is 4.25. The molecule has 6 heteroatoms. The smallest absolute Gasteiger partial charge is 0.254 e. The Bertz CT molecular complexity index is 840. The molecule has 1 unspecified atom stereocenters. The number of benzene rings is 2. The minimum atomic E-state index is -0.319. The Morgan fingerprint density at radius 2 is 1.93 bits per heavy atom. The lowest BCUT2D eigenvalue weighted by Crippen LogP contribution is -2.48. The van der Waals surface area contributed by atoms with Crippen LogP contribution in [0.15, 0.2) is 48.5 Å². The van der Waals surface area contributed by atoms with Crippen LogP contribution in [0.2, 0.25) is 0 Å². The highest BCUT2D eigenvalue weighted by Crippen LogP contribution is 2.25. The first kappa shape index (κ1) is 19.0. The van der Waals surface area contributed by atoms with Crippen molar-refractivity contribution in [3.8, 4) is 0 Å². The largest absolute Gasteiger partial charge is 0.342 e. The Morgan fingerprint density at radius 1 is 1.19 bits per heavy atom. The number of piperazine rings is 1. The Labute approximate surface area is 158 Å². The number of hydrogen-bond acceptors (Lipinski definition) is 3. The maximum atomic E-state index is 13.7. The number of rotatable bonds is 4. The van der Waals surface area contributed by atoms with Crippen LogP contribution in [0.1, 0.15) is 39.2 Å². The first-order valence-corrected chi connectivity index (χ1v) is 9.14. The molecule has 2 aromatic carbocycles. The molecular weight excluding hydrogens is 345 g/mol. The van der Waals surface area contributed by atoms with E-state index in [1.54, 1.807) is 47.2 Å². The average molecular weight is 369 g/mol. The van der Waals surface area contributed by atoms with Crippen molar-refractivity contribution in [1.82, 2.24) is 15.1 Å². The van der Waals surface area contributed by atoms with Gasteiger partial charge in [0.2, 0.25) is 0 Å². The predicted molar refractivity (Wildman–Crippen MR) is 102 cm³/mol. The van der Waals surface area contributed by atoms with Crippen LogP contribution in [-0.2, 0) is 0 Å². The molecule has 0 saturated carbocycles. The number of carbonyl (C=O) groups excluding carboxylic acids is 2. The molecular formula is C21H24FN3O2. The van der Waals surface area contributed by atoms with Crippen LogP contribution >= 0.6 is 0 Å². The lowest BCUT2D eigenvalue weighted by Gasteiger charge is -2.36. The van der Waals surface area contributed by atoms with Gasteiger partial charge in [-0.3, -0.25) is 9.59 Å². The van der Waals surface area contributed by atoms with Gasteiger partial charge in [0.1, 0.15) is 5.82 Å². The van der Waals surface area contributed by atoms with Crippen LogP contribution in [0.25, 0.3) is 0 Å².